The molecule has 0 radical (unpaired) electrons. The summed E-state index contributed by atoms with van der Waals surface area (Å²) in [6.07, 6.45) is 5.09. The van der Waals surface area contributed by atoms with Crippen molar-refractivity contribution in [3.63, 3.8) is 0 Å². The van der Waals surface area contributed by atoms with Gasteiger partial charge in [0.25, 0.3) is 0 Å². The van der Waals surface area contributed by atoms with E-state index in [9.17, 15) is 4.79 Å². The summed E-state index contributed by atoms with van der Waals surface area (Å²) >= 11 is 0. The highest BCUT2D eigenvalue weighted by molar-refractivity contribution is 5.91. The molecule has 1 N–H and O–H groups in total. The Labute approximate surface area is 168 Å². The molecule has 4 rings (SSSR count). The van der Waals surface area contributed by atoms with Crippen molar-refractivity contribution >= 4 is 17.5 Å². The molecule has 2 amide bonds. The van der Waals surface area contributed by atoms with Crippen molar-refractivity contribution in [1.29, 1.82) is 0 Å². The molecule has 0 atom stereocenters. The minimum Gasteiger partial charge on any atom is -0.495 e. The summed E-state index contributed by atoms with van der Waals surface area (Å²) in [4.78, 5) is 25.3. The van der Waals surface area contributed by atoms with Crippen molar-refractivity contribution < 1.29 is 9.53 Å². The second-order valence-electron chi connectivity index (χ2n) is 6.79. The number of rotatable bonds is 4. The molecule has 0 unspecified atom stereocenters. The van der Waals surface area contributed by atoms with Crippen molar-refractivity contribution in [2.24, 2.45) is 0 Å². The summed E-state index contributed by atoms with van der Waals surface area (Å²) in [5.74, 6) is 2.19. The van der Waals surface area contributed by atoms with Crippen molar-refractivity contribution in [2.45, 2.75) is 6.92 Å². The van der Waals surface area contributed by atoms with Crippen LogP contribution in [0.4, 0.5) is 16.3 Å². The number of methoxy groups -OCH3 is 1. The summed E-state index contributed by atoms with van der Waals surface area (Å²) in [6.45, 7) is 4.55. The van der Waals surface area contributed by atoms with E-state index in [0.29, 0.717) is 43.4 Å². The first-order valence-corrected chi connectivity index (χ1v) is 9.41. The third kappa shape index (κ3) is 4.13. The monoisotopic (exact) mass is 393 g/mol. The first kappa shape index (κ1) is 18.7. The van der Waals surface area contributed by atoms with Gasteiger partial charge in [0.05, 0.1) is 12.8 Å². The molecule has 9 heteroatoms. The van der Waals surface area contributed by atoms with Crippen molar-refractivity contribution in [3.8, 4) is 11.6 Å². The molecular formula is C20H23N7O2. The first-order chi connectivity index (χ1) is 14.1. The molecule has 1 saturated heterocycles. The van der Waals surface area contributed by atoms with Gasteiger partial charge < -0.3 is 19.9 Å². The van der Waals surface area contributed by atoms with Crippen LogP contribution in [0.2, 0.25) is 0 Å². The lowest BCUT2D eigenvalue weighted by atomic mass is 10.2. The second-order valence-corrected chi connectivity index (χ2v) is 6.79. The molecule has 29 heavy (non-hydrogen) atoms. The fourth-order valence-electron chi connectivity index (χ4n) is 3.29. The van der Waals surface area contributed by atoms with Crippen LogP contribution in [0.5, 0.6) is 5.75 Å². The number of aromatic nitrogens is 4. The molecular weight excluding hydrogens is 370 g/mol. The van der Waals surface area contributed by atoms with Gasteiger partial charge in [-0.15, -0.1) is 0 Å². The zero-order chi connectivity index (χ0) is 20.2. The van der Waals surface area contributed by atoms with E-state index >= 15 is 0 Å². The van der Waals surface area contributed by atoms with Gasteiger partial charge in [-0.05, 0) is 30.7 Å². The van der Waals surface area contributed by atoms with Crippen LogP contribution in [0.25, 0.3) is 5.82 Å². The Balaban J connectivity index is 1.39. The Morgan fingerprint density at radius 2 is 1.90 bits per heavy atom. The van der Waals surface area contributed by atoms with E-state index in [1.54, 1.807) is 22.9 Å². The van der Waals surface area contributed by atoms with Crippen LogP contribution in [0, 0.1) is 6.92 Å². The average Bonchev–Trinajstić information content (AvgIpc) is 3.29. The Morgan fingerprint density at radius 1 is 1.10 bits per heavy atom. The van der Waals surface area contributed by atoms with Crippen LogP contribution in [0.15, 0.2) is 49.1 Å². The maximum atomic E-state index is 12.7. The van der Waals surface area contributed by atoms with E-state index in [2.05, 4.69) is 25.3 Å². The Morgan fingerprint density at radius 3 is 2.62 bits per heavy atom. The van der Waals surface area contributed by atoms with Crippen molar-refractivity contribution in [1.82, 2.24) is 24.6 Å². The number of anilines is 2. The van der Waals surface area contributed by atoms with Crippen LogP contribution < -0.4 is 15.0 Å². The van der Waals surface area contributed by atoms with E-state index < -0.39 is 0 Å². The third-order valence-electron chi connectivity index (χ3n) is 4.86. The van der Waals surface area contributed by atoms with Gasteiger partial charge in [-0.3, -0.25) is 0 Å². The van der Waals surface area contributed by atoms with Crippen molar-refractivity contribution in [3.05, 3.63) is 54.6 Å². The summed E-state index contributed by atoms with van der Waals surface area (Å²) in [7, 11) is 1.60. The lowest BCUT2D eigenvalue weighted by Crippen LogP contribution is -2.50. The van der Waals surface area contributed by atoms with Gasteiger partial charge >= 0.3 is 6.03 Å². The number of carbonyl (C=O) groups excluding carboxylic acids is 1. The van der Waals surface area contributed by atoms with E-state index in [0.717, 1.165) is 11.4 Å². The van der Waals surface area contributed by atoms with Crippen LogP contribution in [0.1, 0.15) is 5.56 Å². The number of piperazine rings is 1. The van der Waals surface area contributed by atoms with Crippen LogP contribution in [-0.4, -0.2) is 64.0 Å². The van der Waals surface area contributed by atoms with E-state index in [1.807, 2.05) is 43.5 Å². The number of urea groups is 1. The molecule has 3 aromatic rings. The zero-order valence-corrected chi connectivity index (χ0v) is 16.4. The molecule has 1 aromatic carbocycles. The topological polar surface area (TPSA) is 88.4 Å². The van der Waals surface area contributed by atoms with Gasteiger partial charge in [0.15, 0.2) is 5.82 Å². The van der Waals surface area contributed by atoms with Crippen molar-refractivity contribution in [2.75, 3.05) is 43.5 Å². The van der Waals surface area contributed by atoms with Gasteiger partial charge in [-0.2, -0.15) is 5.10 Å². The summed E-state index contributed by atoms with van der Waals surface area (Å²) in [5, 5.41) is 7.17. The standard InChI is InChI=1S/C20H23N7O2/c1-15-4-5-17(29-2)16(12-15)24-20(28)26-10-8-25(9-11-26)18-13-19(22-14-21-18)27-7-3-6-23-27/h3-7,12-14H,8-11H2,1-2H3,(H,24,28). The minimum atomic E-state index is -0.131. The number of carbonyl (C=O) groups is 1. The van der Waals surface area contributed by atoms with Gasteiger partial charge in [0.2, 0.25) is 0 Å². The molecule has 0 aliphatic carbocycles. The Hall–Kier alpha value is -3.62. The summed E-state index contributed by atoms with van der Waals surface area (Å²) in [5.41, 5.74) is 1.74. The summed E-state index contributed by atoms with van der Waals surface area (Å²) < 4.78 is 7.04. The third-order valence-corrected chi connectivity index (χ3v) is 4.86. The highest BCUT2D eigenvalue weighted by atomic mass is 16.5. The highest BCUT2D eigenvalue weighted by Gasteiger charge is 2.23. The molecule has 0 bridgehead atoms. The summed E-state index contributed by atoms with van der Waals surface area (Å²) in [6, 6.07) is 9.34. The quantitative estimate of drug-likeness (QED) is 0.732. The number of aryl methyl sites for hydroxylation is 1. The molecule has 2 aromatic heterocycles. The van der Waals surface area contributed by atoms with E-state index in [-0.39, 0.29) is 6.03 Å². The number of ether oxygens (including phenoxy) is 1. The molecule has 0 spiro atoms. The normalized spacial score (nSPS) is 14.0. The second kappa shape index (κ2) is 8.17. The molecule has 1 aliphatic rings. The SMILES string of the molecule is COc1ccc(C)cc1NC(=O)N1CCN(c2cc(-n3cccn3)ncn2)CC1. The number of amides is 2. The molecule has 0 saturated carbocycles. The Bertz CT molecular complexity index is 982. The number of hydrogen-bond donors (Lipinski definition) is 1. The minimum absolute atomic E-state index is 0.131. The average molecular weight is 393 g/mol. The number of hydrogen-bond acceptors (Lipinski definition) is 6. The number of nitrogens with zero attached hydrogens (tertiary/aromatic N) is 6. The van der Waals surface area contributed by atoms with E-state index in [4.69, 9.17) is 4.74 Å². The van der Waals surface area contributed by atoms with Crippen LogP contribution in [-0.2, 0) is 0 Å². The molecule has 1 aliphatic heterocycles. The fraction of sp³-hybridized carbons (Fsp3) is 0.300. The Kier molecular flexibility index (Phi) is 5.28. The number of benzene rings is 1. The molecule has 1 fully saturated rings. The highest BCUT2D eigenvalue weighted by Crippen LogP contribution is 2.25. The zero-order valence-electron chi connectivity index (χ0n) is 16.4. The van der Waals surface area contributed by atoms with Gasteiger partial charge in [-0.25, -0.2) is 19.4 Å². The van der Waals surface area contributed by atoms with E-state index in [1.165, 1.54) is 6.33 Å². The van der Waals surface area contributed by atoms with Crippen LogP contribution in [0.3, 0.4) is 0 Å². The predicted molar refractivity (Wildman–Crippen MR) is 110 cm³/mol. The molecule has 9 nitrogen and oxygen atoms in total. The first-order valence-electron chi connectivity index (χ1n) is 9.41. The van der Waals surface area contributed by atoms with Crippen LogP contribution >= 0.6 is 0 Å². The molecule has 150 valence electrons. The maximum absolute atomic E-state index is 12.7. The predicted octanol–water partition coefficient (Wildman–Crippen LogP) is 2.33. The maximum Gasteiger partial charge on any atom is 0.322 e. The lowest BCUT2D eigenvalue weighted by molar-refractivity contribution is 0.208. The lowest BCUT2D eigenvalue weighted by Gasteiger charge is -2.35. The smallest absolute Gasteiger partial charge is 0.322 e. The molecule has 3 heterocycles. The largest absolute Gasteiger partial charge is 0.495 e. The van der Waals surface area contributed by atoms with Gasteiger partial charge in [0, 0.05) is 44.6 Å². The van der Waals surface area contributed by atoms with Gasteiger partial charge in [0.1, 0.15) is 17.9 Å². The van der Waals surface area contributed by atoms with Gasteiger partial charge in [-0.1, -0.05) is 6.07 Å². The number of nitrogens with one attached hydrogen (secondary N) is 1. The fourth-order valence-corrected chi connectivity index (χ4v) is 3.29.